The minimum Gasteiger partial charge on any atom is -0.490 e. The normalized spacial score (nSPS) is 10.3. The van der Waals surface area contributed by atoms with Crippen molar-refractivity contribution in [1.29, 1.82) is 0 Å². The number of carboxylic acids is 1. The highest BCUT2D eigenvalue weighted by Crippen LogP contribution is 2.22. The lowest BCUT2D eigenvalue weighted by molar-refractivity contribution is 0.0686. The Hall–Kier alpha value is -2.82. The van der Waals surface area contributed by atoms with Crippen LogP contribution in [0.25, 0.3) is 0 Å². The van der Waals surface area contributed by atoms with Crippen LogP contribution in [-0.4, -0.2) is 23.1 Å². The molecule has 5 heteroatoms. The molecule has 0 aliphatic carbocycles. The molecule has 0 aromatic heterocycles. The molecular formula is C17H16O5. The number of esters is 1. The fourth-order valence-electron chi connectivity index (χ4n) is 1.85. The van der Waals surface area contributed by atoms with Crippen molar-refractivity contribution in [3.8, 4) is 11.5 Å². The number of hydrogen-bond donors (Lipinski definition) is 1. The van der Waals surface area contributed by atoms with Gasteiger partial charge in [0.05, 0.1) is 11.7 Å². The lowest BCUT2D eigenvalue weighted by Crippen LogP contribution is -2.14. The molecular weight excluding hydrogens is 284 g/mol. The summed E-state index contributed by atoms with van der Waals surface area (Å²) >= 11 is 0. The molecule has 2 rings (SSSR count). The van der Waals surface area contributed by atoms with Gasteiger partial charge in [-0.25, -0.2) is 9.59 Å². The molecule has 0 fully saturated rings. The van der Waals surface area contributed by atoms with Crippen molar-refractivity contribution in [2.75, 3.05) is 0 Å². The topological polar surface area (TPSA) is 72.8 Å². The highest BCUT2D eigenvalue weighted by Gasteiger charge is 2.16. The lowest BCUT2D eigenvalue weighted by Gasteiger charge is -2.13. The molecule has 2 aromatic carbocycles. The molecule has 0 saturated carbocycles. The standard InChI is InChI=1S/C17H16O5/c1-11(2)21-15-9-4-3-8-14(15)17(20)22-13-7-5-6-12(10-13)16(18)19/h3-11H,1-2H3,(H,18,19). The van der Waals surface area contributed by atoms with Crippen LogP contribution >= 0.6 is 0 Å². The predicted octanol–water partition coefficient (Wildman–Crippen LogP) is 3.39. The molecule has 1 N–H and O–H groups in total. The summed E-state index contributed by atoms with van der Waals surface area (Å²) in [6.45, 7) is 3.72. The number of carboxylic acid groups (broad SMARTS) is 1. The van der Waals surface area contributed by atoms with Gasteiger partial charge in [0.2, 0.25) is 0 Å². The summed E-state index contributed by atoms with van der Waals surface area (Å²) in [5.74, 6) is -1.08. The van der Waals surface area contributed by atoms with E-state index in [0.29, 0.717) is 5.75 Å². The first-order chi connectivity index (χ1) is 10.5. The van der Waals surface area contributed by atoms with Crippen molar-refractivity contribution in [2.24, 2.45) is 0 Å². The Labute approximate surface area is 128 Å². The molecule has 0 atom stereocenters. The van der Waals surface area contributed by atoms with E-state index in [0.717, 1.165) is 0 Å². The minimum atomic E-state index is -1.08. The Morgan fingerprint density at radius 1 is 1.05 bits per heavy atom. The van der Waals surface area contributed by atoms with Crippen molar-refractivity contribution in [2.45, 2.75) is 20.0 Å². The van der Waals surface area contributed by atoms with Gasteiger partial charge < -0.3 is 14.6 Å². The molecule has 22 heavy (non-hydrogen) atoms. The van der Waals surface area contributed by atoms with Gasteiger partial charge in [0.1, 0.15) is 17.1 Å². The zero-order valence-corrected chi connectivity index (χ0v) is 12.3. The van der Waals surface area contributed by atoms with Crippen LogP contribution in [0.2, 0.25) is 0 Å². The van der Waals surface area contributed by atoms with Crippen LogP contribution < -0.4 is 9.47 Å². The lowest BCUT2D eigenvalue weighted by atomic mass is 10.2. The van der Waals surface area contributed by atoms with E-state index in [-0.39, 0.29) is 23.0 Å². The first kappa shape index (κ1) is 15.6. The van der Waals surface area contributed by atoms with Crippen molar-refractivity contribution in [1.82, 2.24) is 0 Å². The van der Waals surface area contributed by atoms with E-state index in [1.165, 1.54) is 24.3 Å². The van der Waals surface area contributed by atoms with Gasteiger partial charge in [-0.05, 0) is 44.2 Å². The first-order valence-corrected chi connectivity index (χ1v) is 6.78. The van der Waals surface area contributed by atoms with E-state index in [1.807, 2.05) is 13.8 Å². The molecule has 0 spiro atoms. The van der Waals surface area contributed by atoms with Crippen LogP contribution in [0.5, 0.6) is 11.5 Å². The molecule has 2 aromatic rings. The number of carbonyl (C=O) groups excluding carboxylic acids is 1. The fourth-order valence-corrected chi connectivity index (χ4v) is 1.85. The molecule has 5 nitrogen and oxygen atoms in total. The third-order valence-electron chi connectivity index (χ3n) is 2.76. The van der Waals surface area contributed by atoms with Crippen LogP contribution in [-0.2, 0) is 0 Å². The van der Waals surface area contributed by atoms with Crippen molar-refractivity contribution in [3.63, 3.8) is 0 Å². The molecule has 0 aliphatic heterocycles. The summed E-state index contributed by atoms with van der Waals surface area (Å²) in [6, 6.07) is 12.5. The van der Waals surface area contributed by atoms with Gasteiger partial charge in [-0.15, -0.1) is 0 Å². The molecule has 114 valence electrons. The Kier molecular flexibility index (Phi) is 4.78. The Bertz CT molecular complexity index is 691. The SMILES string of the molecule is CC(C)Oc1ccccc1C(=O)Oc1cccc(C(=O)O)c1. The average Bonchev–Trinajstić information content (AvgIpc) is 2.47. The van der Waals surface area contributed by atoms with Gasteiger partial charge in [-0.2, -0.15) is 0 Å². The van der Waals surface area contributed by atoms with Gasteiger partial charge in [-0.1, -0.05) is 18.2 Å². The number of carbonyl (C=O) groups is 2. The maximum atomic E-state index is 12.2. The second-order valence-corrected chi connectivity index (χ2v) is 4.89. The van der Waals surface area contributed by atoms with Crippen molar-refractivity contribution in [3.05, 3.63) is 59.7 Å². The molecule has 0 heterocycles. The highest BCUT2D eigenvalue weighted by atomic mass is 16.5. The zero-order valence-electron chi connectivity index (χ0n) is 12.3. The third kappa shape index (κ3) is 3.85. The number of rotatable bonds is 5. The summed E-state index contributed by atoms with van der Waals surface area (Å²) in [4.78, 5) is 23.2. The van der Waals surface area contributed by atoms with E-state index in [2.05, 4.69) is 0 Å². The van der Waals surface area contributed by atoms with E-state index in [4.69, 9.17) is 14.6 Å². The Balaban J connectivity index is 2.22. The fraction of sp³-hybridized carbons (Fsp3) is 0.176. The van der Waals surface area contributed by atoms with Gasteiger partial charge in [0.15, 0.2) is 0 Å². The highest BCUT2D eigenvalue weighted by molar-refractivity contribution is 5.94. The maximum Gasteiger partial charge on any atom is 0.347 e. The Morgan fingerprint density at radius 3 is 2.45 bits per heavy atom. The Morgan fingerprint density at radius 2 is 1.77 bits per heavy atom. The molecule has 0 unspecified atom stereocenters. The van der Waals surface area contributed by atoms with Gasteiger partial charge in [0.25, 0.3) is 0 Å². The second kappa shape index (κ2) is 6.76. The largest absolute Gasteiger partial charge is 0.490 e. The second-order valence-electron chi connectivity index (χ2n) is 4.89. The van der Waals surface area contributed by atoms with Gasteiger partial charge >= 0.3 is 11.9 Å². The summed E-state index contributed by atoms with van der Waals surface area (Å²) in [6.07, 6.45) is -0.0794. The van der Waals surface area contributed by atoms with Gasteiger partial charge in [0, 0.05) is 0 Å². The summed E-state index contributed by atoms with van der Waals surface area (Å²) < 4.78 is 10.8. The maximum absolute atomic E-state index is 12.2. The average molecular weight is 300 g/mol. The van der Waals surface area contributed by atoms with Crippen LogP contribution in [0.4, 0.5) is 0 Å². The predicted molar refractivity (Wildman–Crippen MR) is 80.6 cm³/mol. The monoisotopic (exact) mass is 300 g/mol. The number of aromatic carboxylic acids is 1. The summed E-state index contributed by atoms with van der Waals surface area (Å²) in [5, 5.41) is 8.94. The number of benzene rings is 2. The van der Waals surface area contributed by atoms with E-state index in [9.17, 15) is 9.59 Å². The third-order valence-corrected chi connectivity index (χ3v) is 2.76. The zero-order chi connectivity index (χ0) is 16.1. The minimum absolute atomic E-state index is 0.0528. The number of para-hydroxylation sites is 1. The summed E-state index contributed by atoms with van der Waals surface area (Å²) in [7, 11) is 0. The molecule has 0 aliphatic rings. The smallest absolute Gasteiger partial charge is 0.347 e. The van der Waals surface area contributed by atoms with Crippen molar-refractivity contribution < 1.29 is 24.2 Å². The first-order valence-electron chi connectivity index (χ1n) is 6.78. The van der Waals surface area contributed by atoms with E-state index in [1.54, 1.807) is 24.3 Å². The molecule has 0 amide bonds. The van der Waals surface area contributed by atoms with Crippen LogP contribution in [0.15, 0.2) is 48.5 Å². The molecule has 0 bridgehead atoms. The van der Waals surface area contributed by atoms with Gasteiger partial charge in [-0.3, -0.25) is 0 Å². The molecule has 0 saturated heterocycles. The van der Waals surface area contributed by atoms with Crippen LogP contribution in [0, 0.1) is 0 Å². The quantitative estimate of drug-likeness (QED) is 0.677. The number of ether oxygens (including phenoxy) is 2. The number of hydrogen-bond acceptors (Lipinski definition) is 4. The van der Waals surface area contributed by atoms with E-state index >= 15 is 0 Å². The van der Waals surface area contributed by atoms with Crippen LogP contribution in [0.1, 0.15) is 34.6 Å². The van der Waals surface area contributed by atoms with E-state index < -0.39 is 11.9 Å². The van der Waals surface area contributed by atoms with Crippen LogP contribution in [0.3, 0.4) is 0 Å². The van der Waals surface area contributed by atoms with Crippen molar-refractivity contribution >= 4 is 11.9 Å². The molecule has 0 radical (unpaired) electrons. The summed E-state index contributed by atoms with van der Waals surface area (Å²) in [5.41, 5.74) is 0.342.